The fourth-order valence-electron chi connectivity index (χ4n) is 2.37. The van der Waals surface area contributed by atoms with E-state index >= 15 is 0 Å². The van der Waals surface area contributed by atoms with E-state index in [4.69, 9.17) is 5.26 Å². The van der Waals surface area contributed by atoms with Gasteiger partial charge in [-0.1, -0.05) is 12.1 Å². The number of sulfonamides is 1. The Morgan fingerprint density at radius 1 is 1.29 bits per heavy atom. The van der Waals surface area contributed by atoms with Gasteiger partial charge in [0.25, 0.3) is 0 Å². The summed E-state index contributed by atoms with van der Waals surface area (Å²) in [7, 11) is -3.78. The van der Waals surface area contributed by atoms with E-state index in [0.29, 0.717) is 32.7 Å². The average Bonchev–Trinajstić information content (AvgIpc) is 2.48. The molecule has 0 saturated carbocycles. The van der Waals surface area contributed by atoms with Gasteiger partial charge in [0.05, 0.1) is 12.0 Å². The lowest BCUT2D eigenvalue weighted by Gasteiger charge is -2.34. The molecule has 2 rings (SSSR count). The van der Waals surface area contributed by atoms with E-state index in [0.717, 1.165) is 6.07 Å². The normalized spacial score (nSPS) is 19.1. The molecule has 1 aromatic rings. The van der Waals surface area contributed by atoms with Crippen molar-refractivity contribution in [3.05, 3.63) is 30.1 Å². The maximum Gasteiger partial charge on any atom is 0.246 e. The molecule has 0 aliphatic carbocycles. The van der Waals surface area contributed by atoms with Gasteiger partial charge in [0.2, 0.25) is 10.0 Å². The summed E-state index contributed by atoms with van der Waals surface area (Å²) in [6.07, 6.45) is 0. The molecule has 114 valence electrons. The van der Waals surface area contributed by atoms with Crippen molar-refractivity contribution in [1.29, 1.82) is 5.26 Å². The summed E-state index contributed by atoms with van der Waals surface area (Å²) < 4.78 is 39.8. The number of nitriles is 1. The van der Waals surface area contributed by atoms with Crippen LogP contribution >= 0.6 is 0 Å². The third-order valence-corrected chi connectivity index (χ3v) is 5.47. The fraction of sp³-hybridized carbons (Fsp3) is 0.500. The van der Waals surface area contributed by atoms with Crippen LogP contribution in [0.1, 0.15) is 6.92 Å². The van der Waals surface area contributed by atoms with Crippen molar-refractivity contribution >= 4 is 10.0 Å². The van der Waals surface area contributed by atoms with Gasteiger partial charge < -0.3 is 0 Å². The molecule has 5 nitrogen and oxygen atoms in total. The molecule has 0 spiro atoms. The summed E-state index contributed by atoms with van der Waals surface area (Å²) >= 11 is 0. The van der Waals surface area contributed by atoms with Crippen molar-refractivity contribution in [3.8, 4) is 6.07 Å². The topological polar surface area (TPSA) is 64.4 Å². The summed E-state index contributed by atoms with van der Waals surface area (Å²) in [4.78, 5) is 1.78. The summed E-state index contributed by atoms with van der Waals surface area (Å²) in [6.45, 7) is 4.20. The highest BCUT2D eigenvalue weighted by molar-refractivity contribution is 7.89. The molecule has 1 aromatic carbocycles. The molecule has 1 heterocycles. The van der Waals surface area contributed by atoms with Crippen LogP contribution in [0.2, 0.25) is 0 Å². The lowest BCUT2D eigenvalue weighted by Crippen LogP contribution is -2.49. The van der Waals surface area contributed by atoms with Gasteiger partial charge in [0.1, 0.15) is 10.7 Å². The average molecular weight is 311 g/mol. The zero-order valence-electron chi connectivity index (χ0n) is 11.9. The number of hydrogen-bond donors (Lipinski definition) is 0. The van der Waals surface area contributed by atoms with Crippen molar-refractivity contribution < 1.29 is 12.8 Å². The quantitative estimate of drug-likeness (QED) is 0.840. The summed E-state index contributed by atoms with van der Waals surface area (Å²) in [5, 5.41) is 8.80. The van der Waals surface area contributed by atoms with Gasteiger partial charge in [0, 0.05) is 32.7 Å². The Kier molecular flexibility index (Phi) is 4.93. The van der Waals surface area contributed by atoms with E-state index in [2.05, 4.69) is 11.0 Å². The monoisotopic (exact) mass is 311 g/mol. The molecule has 7 heteroatoms. The zero-order chi connectivity index (χ0) is 15.5. The predicted molar refractivity (Wildman–Crippen MR) is 76.4 cm³/mol. The zero-order valence-corrected chi connectivity index (χ0v) is 12.7. The van der Waals surface area contributed by atoms with E-state index in [9.17, 15) is 12.8 Å². The van der Waals surface area contributed by atoms with E-state index in [1.165, 1.54) is 22.5 Å². The molecular weight excluding hydrogens is 293 g/mol. The van der Waals surface area contributed by atoms with Gasteiger partial charge in [-0.3, -0.25) is 4.90 Å². The number of rotatable bonds is 4. The largest absolute Gasteiger partial charge is 0.299 e. The van der Waals surface area contributed by atoms with Crippen molar-refractivity contribution in [2.24, 2.45) is 5.92 Å². The van der Waals surface area contributed by atoms with Crippen molar-refractivity contribution in [2.75, 3.05) is 32.7 Å². The third-order valence-electron chi connectivity index (χ3n) is 3.54. The molecule has 1 saturated heterocycles. The lowest BCUT2D eigenvalue weighted by atomic mass is 10.2. The predicted octanol–water partition coefficient (Wildman–Crippen LogP) is 1.29. The molecule has 1 fully saturated rings. The van der Waals surface area contributed by atoms with Crippen molar-refractivity contribution in [3.63, 3.8) is 0 Å². The van der Waals surface area contributed by atoms with Crippen LogP contribution in [0, 0.1) is 23.1 Å². The fourth-order valence-corrected chi connectivity index (χ4v) is 3.86. The number of piperazine rings is 1. The van der Waals surface area contributed by atoms with Crippen LogP contribution in [0.25, 0.3) is 0 Å². The Bertz CT molecular complexity index is 634. The maximum atomic E-state index is 13.7. The van der Waals surface area contributed by atoms with Crippen LogP contribution in [-0.4, -0.2) is 50.3 Å². The summed E-state index contributed by atoms with van der Waals surface area (Å²) in [5.41, 5.74) is 0. The van der Waals surface area contributed by atoms with Crippen molar-refractivity contribution in [1.82, 2.24) is 9.21 Å². The number of halogens is 1. The van der Waals surface area contributed by atoms with Gasteiger partial charge in [0.15, 0.2) is 0 Å². The highest BCUT2D eigenvalue weighted by atomic mass is 32.2. The second-order valence-corrected chi connectivity index (χ2v) is 7.07. The molecule has 1 aliphatic heterocycles. The number of benzene rings is 1. The molecule has 0 aromatic heterocycles. The van der Waals surface area contributed by atoms with Gasteiger partial charge in [-0.05, 0) is 19.1 Å². The number of hydrogen-bond acceptors (Lipinski definition) is 4. The third kappa shape index (κ3) is 3.59. The Morgan fingerprint density at radius 2 is 1.90 bits per heavy atom. The van der Waals surface area contributed by atoms with E-state index < -0.39 is 15.8 Å². The van der Waals surface area contributed by atoms with Gasteiger partial charge in [-0.2, -0.15) is 9.57 Å². The highest BCUT2D eigenvalue weighted by Gasteiger charge is 2.30. The second-order valence-electron chi connectivity index (χ2n) is 5.17. The van der Waals surface area contributed by atoms with Crippen LogP contribution < -0.4 is 0 Å². The van der Waals surface area contributed by atoms with Crippen LogP contribution in [0.3, 0.4) is 0 Å². The van der Waals surface area contributed by atoms with Crippen LogP contribution in [-0.2, 0) is 10.0 Å². The standard InChI is InChI=1S/C14H18FN3O2S/c1-12(10-16)11-17-6-8-18(9-7-17)21(19,20)14-5-3-2-4-13(14)15/h2-5,12H,6-9,11H2,1H3/t12-/m1/s1. The lowest BCUT2D eigenvalue weighted by molar-refractivity contribution is 0.178. The Morgan fingerprint density at radius 3 is 2.48 bits per heavy atom. The molecule has 1 atom stereocenters. The maximum absolute atomic E-state index is 13.7. The van der Waals surface area contributed by atoms with Crippen molar-refractivity contribution in [2.45, 2.75) is 11.8 Å². The molecule has 0 bridgehead atoms. The Balaban J connectivity index is 2.05. The molecular formula is C14H18FN3O2S. The first-order valence-corrected chi connectivity index (χ1v) is 8.26. The van der Waals surface area contributed by atoms with Crippen LogP contribution in [0.4, 0.5) is 4.39 Å². The van der Waals surface area contributed by atoms with E-state index in [1.807, 2.05) is 6.92 Å². The van der Waals surface area contributed by atoms with Gasteiger partial charge in [-0.15, -0.1) is 0 Å². The van der Waals surface area contributed by atoms with Gasteiger partial charge >= 0.3 is 0 Å². The molecule has 0 N–H and O–H groups in total. The molecule has 0 radical (unpaired) electrons. The summed E-state index contributed by atoms with van der Waals surface area (Å²) in [6, 6.07) is 7.58. The second kappa shape index (κ2) is 6.52. The minimum atomic E-state index is -3.78. The van der Waals surface area contributed by atoms with E-state index in [-0.39, 0.29) is 10.8 Å². The Labute approximate surface area is 124 Å². The molecule has 21 heavy (non-hydrogen) atoms. The highest BCUT2D eigenvalue weighted by Crippen LogP contribution is 2.20. The Hall–Kier alpha value is -1.49. The smallest absolute Gasteiger partial charge is 0.246 e. The van der Waals surface area contributed by atoms with Crippen LogP contribution in [0.5, 0.6) is 0 Å². The molecule has 0 unspecified atom stereocenters. The molecule has 1 aliphatic rings. The number of nitrogens with zero attached hydrogens (tertiary/aromatic N) is 3. The van der Waals surface area contributed by atoms with Gasteiger partial charge in [-0.25, -0.2) is 12.8 Å². The minimum Gasteiger partial charge on any atom is -0.299 e. The summed E-state index contributed by atoms with van der Waals surface area (Å²) in [5.74, 6) is -0.808. The van der Waals surface area contributed by atoms with E-state index in [1.54, 1.807) is 0 Å². The van der Waals surface area contributed by atoms with Crippen LogP contribution in [0.15, 0.2) is 29.2 Å². The molecule has 0 amide bonds. The minimum absolute atomic E-state index is 0.0836. The first-order valence-electron chi connectivity index (χ1n) is 6.82. The SMILES string of the molecule is C[C@H](C#N)CN1CCN(S(=O)(=O)c2ccccc2F)CC1. The first-order chi connectivity index (χ1) is 9.95. The first kappa shape index (κ1) is 15.9.